The first-order valence-electron chi connectivity index (χ1n) is 7.80. The molecule has 0 bridgehead atoms. The first-order valence-corrected chi connectivity index (χ1v) is 8.25. The third kappa shape index (κ3) is 8.57. The van der Waals surface area contributed by atoms with Crippen LogP contribution in [0.1, 0.15) is 81.1 Å². The largest absolute Gasteiger partial charge is 0.169 e. The molecule has 0 heterocycles. The molecule has 0 aliphatic carbocycles. The lowest BCUT2D eigenvalue weighted by Gasteiger charge is -2.32. The quantitative estimate of drug-likeness (QED) is 0.384. The smallest absolute Gasteiger partial charge is 0.0286 e. The summed E-state index contributed by atoms with van der Waals surface area (Å²) in [4.78, 5) is 0. The number of allylic oxidation sites excluding steroid dienone is 2. The average Bonchev–Trinajstić information content (AvgIpc) is 2.28. The van der Waals surface area contributed by atoms with Crippen molar-refractivity contribution in [3.8, 4) is 0 Å². The van der Waals surface area contributed by atoms with Crippen LogP contribution in [-0.4, -0.2) is 4.75 Å². The summed E-state index contributed by atoms with van der Waals surface area (Å²) in [6.45, 7) is 21.4. The molecule has 19 heavy (non-hydrogen) atoms. The molecule has 1 atom stereocenters. The predicted molar refractivity (Wildman–Crippen MR) is 95.2 cm³/mol. The highest BCUT2D eigenvalue weighted by molar-refractivity contribution is 7.82. The van der Waals surface area contributed by atoms with Crippen LogP contribution >= 0.6 is 12.6 Å². The lowest BCUT2D eigenvalue weighted by Crippen LogP contribution is -2.23. The van der Waals surface area contributed by atoms with Crippen molar-refractivity contribution in [3.05, 3.63) is 23.3 Å². The van der Waals surface area contributed by atoms with E-state index in [1.807, 2.05) is 13.8 Å². The second kappa shape index (κ2) is 10.6. The Balaban J connectivity index is 0. The molecule has 0 rings (SSSR count). The van der Waals surface area contributed by atoms with Crippen molar-refractivity contribution in [3.63, 3.8) is 0 Å². The standard InChI is InChI=1S/C16H30S.C2H6/c1-8-10-13(5)15(16(6,7)17)14(9-2)11-12(3)4;1-2/h14,17H,3,8-11H2,1-2,4-7H3;1-2H3/b15-13-;. The normalized spacial score (nSPS) is 14.2. The van der Waals surface area contributed by atoms with E-state index >= 15 is 0 Å². The molecule has 114 valence electrons. The molecule has 0 saturated carbocycles. The van der Waals surface area contributed by atoms with Crippen LogP contribution in [0.5, 0.6) is 0 Å². The topological polar surface area (TPSA) is 0 Å². The Morgan fingerprint density at radius 3 is 1.89 bits per heavy atom. The van der Waals surface area contributed by atoms with Crippen molar-refractivity contribution in [2.24, 2.45) is 5.92 Å². The zero-order chi connectivity index (χ0) is 15.6. The highest BCUT2D eigenvalue weighted by atomic mass is 32.1. The molecule has 0 N–H and O–H groups in total. The average molecular weight is 285 g/mol. The molecule has 0 aromatic rings. The van der Waals surface area contributed by atoms with Crippen LogP contribution in [0.25, 0.3) is 0 Å². The van der Waals surface area contributed by atoms with Crippen LogP contribution in [-0.2, 0) is 0 Å². The van der Waals surface area contributed by atoms with Crippen LogP contribution in [0.3, 0.4) is 0 Å². The summed E-state index contributed by atoms with van der Waals surface area (Å²) >= 11 is 4.81. The summed E-state index contributed by atoms with van der Waals surface area (Å²) in [5.74, 6) is 0.603. The third-order valence-corrected chi connectivity index (χ3v) is 3.48. The minimum Gasteiger partial charge on any atom is -0.169 e. The van der Waals surface area contributed by atoms with Gasteiger partial charge in [-0.2, -0.15) is 12.6 Å². The van der Waals surface area contributed by atoms with E-state index in [1.165, 1.54) is 36.0 Å². The minimum atomic E-state index is -0.0185. The van der Waals surface area contributed by atoms with Gasteiger partial charge >= 0.3 is 0 Å². The number of hydrogen-bond acceptors (Lipinski definition) is 1. The molecule has 1 unspecified atom stereocenters. The van der Waals surface area contributed by atoms with Crippen LogP contribution in [0.2, 0.25) is 0 Å². The zero-order valence-corrected chi connectivity index (χ0v) is 15.5. The van der Waals surface area contributed by atoms with E-state index in [0.29, 0.717) is 5.92 Å². The molecular weight excluding hydrogens is 248 g/mol. The van der Waals surface area contributed by atoms with Crippen molar-refractivity contribution in [1.82, 2.24) is 0 Å². The molecule has 1 heteroatoms. The van der Waals surface area contributed by atoms with Gasteiger partial charge in [0.15, 0.2) is 0 Å². The van der Waals surface area contributed by atoms with Gasteiger partial charge in [0.1, 0.15) is 0 Å². The number of hydrogen-bond donors (Lipinski definition) is 1. The number of rotatable bonds is 7. The lowest BCUT2D eigenvalue weighted by molar-refractivity contribution is 0.529. The van der Waals surface area contributed by atoms with Crippen LogP contribution in [0.15, 0.2) is 23.3 Å². The van der Waals surface area contributed by atoms with Crippen LogP contribution < -0.4 is 0 Å². The molecule has 0 aliphatic rings. The molecule has 0 aromatic carbocycles. The molecule has 0 spiro atoms. The fourth-order valence-electron chi connectivity index (χ4n) is 2.75. The maximum atomic E-state index is 4.81. The second-order valence-corrected chi connectivity index (χ2v) is 6.89. The van der Waals surface area contributed by atoms with Crippen LogP contribution in [0, 0.1) is 5.92 Å². The fourth-order valence-corrected chi connectivity index (χ4v) is 3.12. The summed E-state index contributed by atoms with van der Waals surface area (Å²) in [5, 5.41) is 0. The zero-order valence-electron chi connectivity index (χ0n) is 14.6. The van der Waals surface area contributed by atoms with Crippen molar-refractivity contribution in [2.75, 3.05) is 0 Å². The van der Waals surface area contributed by atoms with Crippen molar-refractivity contribution in [2.45, 2.75) is 85.8 Å². The van der Waals surface area contributed by atoms with Gasteiger partial charge in [0.2, 0.25) is 0 Å². The molecular formula is C18H36S. The Kier molecular flexibility index (Phi) is 11.8. The first-order chi connectivity index (χ1) is 8.73. The SMILES string of the molecule is C=C(C)CC(CC)/C(=C(\C)CCC)C(C)(C)S.CC. The maximum Gasteiger partial charge on any atom is 0.0286 e. The van der Waals surface area contributed by atoms with Crippen molar-refractivity contribution >= 4 is 12.6 Å². The lowest BCUT2D eigenvalue weighted by atomic mass is 9.80. The van der Waals surface area contributed by atoms with Gasteiger partial charge in [0.25, 0.3) is 0 Å². The Morgan fingerprint density at radius 1 is 1.16 bits per heavy atom. The van der Waals surface area contributed by atoms with Crippen LogP contribution in [0.4, 0.5) is 0 Å². The van der Waals surface area contributed by atoms with Gasteiger partial charge in [0.05, 0.1) is 0 Å². The summed E-state index contributed by atoms with van der Waals surface area (Å²) in [7, 11) is 0. The Labute approximate surface area is 128 Å². The fraction of sp³-hybridized carbons (Fsp3) is 0.778. The minimum absolute atomic E-state index is 0.0185. The van der Waals surface area contributed by atoms with Gasteiger partial charge in [-0.15, -0.1) is 6.58 Å². The van der Waals surface area contributed by atoms with E-state index in [4.69, 9.17) is 12.6 Å². The summed E-state index contributed by atoms with van der Waals surface area (Å²) in [6, 6.07) is 0. The summed E-state index contributed by atoms with van der Waals surface area (Å²) < 4.78 is -0.0185. The van der Waals surface area contributed by atoms with Gasteiger partial charge in [0, 0.05) is 4.75 Å². The van der Waals surface area contributed by atoms with Crippen molar-refractivity contribution < 1.29 is 0 Å². The van der Waals surface area contributed by atoms with Crippen molar-refractivity contribution in [1.29, 1.82) is 0 Å². The van der Waals surface area contributed by atoms with Gasteiger partial charge in [-0.1, -0.05) is 50.8 Å². The van der Waals surface area contributed by atoms with Gasteiger partial charge < -0.3 is 0 Å². The molecule has 0 nitrogen and oxygen atoms in total. The summed E-state index contributed by atoms with van der Waals surface area (Å²) in [6.07, 6.45) is 4.67. The van der Waals surface area contributed by atoms with E-state index in [0.717, 1.165) is 6.42 Å². The molecule has 0 saturated heterocycles. The third-order valence-electron chi connectivity index (χ3n) is 3.24. The van der Waals surface area contributed by atoms with E-state index in [2.05, 4.69) is 48.1 Å². The molecule has 0 aromatic heterocycles. The van der Waals surface area contributed by atoms with E-state index in [1.54, 1.807) is 0 Å². The van der Waals surface area contributed by atoms with E-state index < -0.39 is 0 Å². The Morgan fingerprint density at radius 2 is 1.63 bits per heavy atom. The second-order valence-electron chi connectivity index (χ2n) is 5.77. The van der Waals surface area contributed by atoms with Gasteiger partial charge in [-0.05, 0) is 52.9 Å². The van der Waals surface area contributed by atoms with E-state index in [9.17, 15) is 0 Å². The van der Waals surface area contributed by atoms with Gasteiger partial charge in [-0.3, -0.25) is 0 Å². The summed E-state index contributed by atoms with van der Waals surface area (Å²) in [5.41, 5.74) is 4.34. The maximum absolute atomic E-state index is 4.81. The van der Waals surface area contributed by atoms with Gasteiger partial charge in [-0.25, -0.2) is 0 Å². The predicted octanol–water partition coefficient (Wildman–Crippen LogP) is 6.83. The highest BCUT2D eigenvalue weighted by Crippen LogP contribution is 2.37. The first kappa shape index (κ1) is 21.1. The number of thiol groups is 1. The highest BCUT2D eigenvalue weighted by Gasteiger charge is 2.26. The molecule has 0 fully saturated rings. The molecule has 0 aliphatic heterocycles. The molecule has 0 amide bonds. The Hall–Kier alpha value is -0.170. The van der Waals surface area contributed by atoms with E-state index in [-0.39, 0.29) is 4.75 Å². The molecule has 0 radical (unpaired) electrons. The Bertz CT molecular complexity index is 279. The monoisotopic (exact) mass is 284 g/mol.